The van der Waals surface area contributed by atoms with Crippen LogP contribution in [-0.4, -0.2) is 18.1 Å². The fourth-order valence-electron chi connectivity index (χ4n) is 3.02. The molecule has 2 nitrogen and oxygen atoms in total. The Labute approximate surface area is 113 Å². The number of fused-ring (bicyclic) bond motifs is 1. The van der Waals surface area contributed by atoms with E-state index in [1.54, 1.807) is 0 Å². The van der Waals surface area contributed by atoms with Crippen molar-refractivity contribution in [1.82, 2.24) is 10.3 Å². The van der Waals surface area contributed by atoms with E-state index in [0.29, 0.717) is 0 Å². The summed E-state index contributed by atoms with van der Waals surface area (Å²) in [7, 11) is 0. The van der Waals surface area contributed by atoms with Gasteiger partial charge < -0.3 is 10.3 Å². The van der Waals surface area contributed by atoms with Gasteiger partial charge in [0.2, 0.25) is 0 Å². The molecule has 1 fully saturated rings. The first-order valence-electron chi connectivity index (χ1n) is 6.72. The Bertz CT molecular complexity index is 553. The van der Waals surface area contributed by atoms with Crippen molar-refractivity contribution in [3.63, 3.8) is 0 Å². The molecule has 1 aliphatic rings. The van der Waals surface area contributed by atoms with Gasteiger partial charge in [-0.1, -0.05) is 23.7 Å². The van der Waals surface area contributed by atoms with Crippen molar-refractivity contribution in [3.8, 4) is 0 Å². The van der Waals surface area contributed by atoms with Gasteiger partial charge >= 0.3 is 0 Å². The van der Waals surface area contributed by atoms with Gasteiger partial charge in [-0.15, -0.1) is 0 Å². The smallest absolute Gasteiger partial charge is 0.0648 e. The Hall–Kier alpha value is -0.990. The second-order valence-corrected chi connectivity index (χ2v) is 5.71. The maximum atomic E-state index is 6.24. The van der Waals surface area contributed by atoms with E-state index < -0.39 is 0 Å². The SMILES string of the molecule is Cc1[nH]c2c(Cl)cccc2c1CC1CCCNC1. The van der Waals surface area contributed by atoms with E-state index in [1.807, 2.05) is 12.1 Å². The number of hydrogen-bond donors (Lipinski definition) is 2. The van der Waals surface area contributed by atoms with Gasteiger partial charge in [0.25, 0.3) is 0 Å². The molecule has 1 aromatic carbocycles. The number of aromatic nitrogens is 1. The molecule has 0 saturated carbocycles. The van der Waals surface area contributed by atoms with Crippen LogP contribution in [0.5, 0.6) is 0 Å². The van der Waals surface area contributed by atoms with Crippen LogP contribution in [0.3, 0.4) is 0 Å². The molecule has 3 heteroatoms. The molecule has 3 rings (SSSR count). The van der Waals surface area contributed by atoms with Gasteiger partial charge in [-0.2, -0.15) is 0 Å². The van der Waals surface area contributed by atoms with Crippen molar-refractivity contribution in [1.29, 1.82) is 0 Å². The average molecular weight is 263 g/mol. The van der Waals surface area contributed by atoms with E-state index in [-0.39, 0.29) is 0 Å². The minimum absolute atomic E-state index is 0.760. The van der Waals surface area contributed by atoms with E-state index in [9.17, 15) is 0 Å². The monoisotopic (exact) mass is 262 g/mol. The predicted octanol–water partition coefficient (Wildman–Crippen LogP) is 3.67. The zero-order chi connectivity index (χ0) is 12.5. The summed E-state index contributed by atoms with van der Waals surface area (Å²) in [5.74, 6) is 0.760. The van der Waals surface area contributed by atoms with E-state index in [1.165, 1.54) is 36.0 Å². The third-order valence-corrected chi connectivity index (χ3v) is 4.31. The largest absolute Gasteiger partial charge is 0.357 e. The second-order valence-electron chi connectivity index (χ2n) is 5.31. The Morgan fingerprint density at radius 1 is 1.39 bits per heavy atom. The number of halogens is 1. The quantitative estimate of drug-likeness (QED) is 0.849. The number of para-hydroxylation sites is 1. The van der Waals surface area contributed by atoms with Crippen molar-refractivity contribution in [2.24, 2.45) is 5.92 Å². The molecule has 2 heterocycles. The highest BCUT2D eigenvalue weighted by atomic mass is 35.5. The topological polar surface area (TPSA) is 27.8 Å². The van der Waals surface area contributed by atoms with E-state index in [0.717, 1.165) is 29.4 Å². The lowest BCUT2D eigenvalue weighted by Crippen LogP contribution is -2.30. The molecule has 1 atom stereocenters. The number of aromatic amines is 1. The van der Waals surface area contributed by atoms with Crippen molar-refractivity contribution < 1.29 is 0 Å². The van der Waals surface area contributed by atoms with Crippen LogP contribution in [-0.2, 0) is 6.42 Å². The predicted molar refractivity (Wildman–Crippen MR) is 77.3 cm³/mol. The number of rotatable bonds is 2. The van der Waals surface area contributed by atoms with Crippen LogP contribution in [0.1, 0.15) is 24.1 Å². The lowest BCUT2D eigenvalue weighted by molar-refractivity contribution is 0.376. The number of aryl methyl sites for hydroxylation is 1. The van der Waals surface area contributed by atoms with Gasteiger partial charge in [0.1, 0.15) is 0 Å². The highest BCUT2D eigenvalue weighted by Gasteiger charge is 2.17. The van der Waals surface area contributed by atoms with Gasteiger partial charge in [0, 0.05) is 11.1 Å². The lowest BCUT2D eigenvalue weighted by atomic mass is 9.91. The van der Waals surface area contributed by atoms with Gasteiger partial charge in [-0.05, 0) is 56.8 Å². The first kappa shape index (κ1) is 12.1. The molecule has 0 amide bonds. The summed E-state index contributed by atoms with van der Waals surface area (Å²) < 4.78 is 0. The molecule has 0 spiro atoms. The maximum absolute atomic E-state index is 6.24. The normalized spacial score (nSPS) is 20.4. The third-order valence-electron chi connectivity index (χ3n) is 4.00. The molecule has 1 aromatic heterocycles. The summed E-state index contributed by atoms with van der Waals surface area (Å²) >= 11 is 6.24. The van der Waals surface area contributed by atoms with Crippen molar-refractivity contribution in [3.05, 3.63) is 34.5 Å². The first-order valence-corrected chi connectivity index (χ1v) is 7.10. The number of benzene rings is 1. The van der Waals surface area contributed by atoms with Crippen molar-refractivity contribution in [2.75, 3.05) is 13.1 Å². The summed E-state index contributed by atoms with van der Waals surface area (Å²) in [6.45, 7) is 4.48. The molecule has 0 bridgehead atoms. The minimum atomic E-state index is 0.760. The summed E-state index contributed by atoms with van der Waals surface area (Å²) in [5, 5.41) is 5.61. The van der Waals surface area contributed by atoms with Gasteiger partial charge in [-0.3, -0.25) is 0 Å². The van der Waals surface area contributed by atoms with Crippen molar-refractivity contribution >= 4 is 22.5 Å². The van der Waals surface area contributed by atoms with Gasteiger partial charge in [0.05, 0.1) is 10.5 Å². The summed E-state index contributed by atoms with van der Waals surface area (Å²) in [6, 6.07) is 6.17. The Kier molecular flexibility index (Phi) is 3.31. The van der Waals surface area contributed by atoms with E-state index >= 15 is 0 Å². The molecule has 2 aromatic rings. The molecular formula is C15H19ClN2. The fraction of sp³-hybridized carbons (Fsp3) is 0.467. The van der Waals surface area contributed by atoms with Crippen LogP contribution >= 0.6 is 11.6 Å². The van der Waals surface area contributed by atoms with Crippen LogP contribution in [0.2, 0.25) is 5.02 Å². The van der Waals surface area contributed by atoms with E-state index in [4.69, 9.17) is 11.6 Å². The zero-order valence-electron chi connectivity index (χ0n) is 10.7. The van der Waals surface area contributed by atoms with Crippen LogP contribution in [0, 0.1) is 12.8 Å². The van der Waals surface area contributed by atoms with Gasteiger partial charge in [0.15, 0.2) is 0 Å². The molecule has 18 heavy (non-hydrogen) atoms. The summed E-state index contributed by atoms with van der Waals surface area (Å²) in [5.41, 5.74) is 3.81. The molecular weight excluding hydrogens is 244 g/mol. The lowest BCUT2D eigenvalue weighted by Gasteiger charge is -2.22. The molecule has 96 valence electrons. The van der Waals surface area contributed by atoms with Gasteiger partial charge in [-0.25, -0.2) is 0 Å². The number of H-pyrrole nitrogens is 1. The van der Waals surface area contributed by atoms with E-state index in [2.05, 4.69) is 23.3 Å². The second kappa shape index (κ2) is 4.94. The highest BCUT2D eigenvalue weighted by molar-refractivity contribution is 6.35. The fourth-order valence-corrected chi connectivity index (χ4v) is 3.24. The number of nitrogens with one attached hydrogen (secondary N) is 2. The first-order chi connectivity index (χ1) is 8.75. The molecule has 1 unspecified atom stereocenters. The maximum Gasteiger partial charge on any atom is 0.0648 e. The van der Waals surface area contributed by atoms with Crippen molar-refractivity contribution in [2.45, 2.75) is 26.2 Å². The average Bonchev–Trinajstić information content (AvgIpc) is 2.70. The number of hydrogen-bond acceptors (Lipinski definition) is 1. The van der Waals surface area contributed by atoms with Crippen LogP contribution in [0.4, 0.5) is 0 Å². The molecule has 1 saturated heterocycles. The molecule has 0 aliphatic carbocycles. The highest BCUT2D eigenvalue weighted by Crippen LogP contribution is 2.30. The summed E-state index contributed by atoms with van der Waals surface area (Å²) in [6.07, 6.45) is 3.78. The van der Waals surface area contributed by atoms with Crippen LogP contribution < -0.4 is 5.32 Å². The molecule has 1 aliphatic heterocycles. The number of piperidine rings is 1. The third kappa shape index (κ3) is 2.15. The summed E-state index contributed by atoms with van der Waals surface area (Å²) in [4.78, 5) is 3.43. The Morgan fingerprint density at radius 2 is 2.28 bits per heavy atom. The molecule has 0 radical (unpaired) electrons. The zero-order valence-corrected chi connectivity index (χ0v) is 11.5. The minimum Gasteiger partial charge on any atom is -0.357 e. The molecule has 2 N–H and O–H groups in total. The Morgan fingerprint density at radius 3 is 3.06 bits per heavy atom. The van der Waals surface area contributed by atoms with Crippen LogP contribution in [0.25, 0.3) is 10.9 Å². The Balaban J connectivity index is 1.95. The standard InChI is InChI=1S/C15H19ClN2/c1-10-13(8-11-4-3-7-17-9-11)12-5-2-6-14(16)15(12)18-10/h2,5-6,11,17-18H,3-4,7-9H2,1H3. The van der Waals surface area contributed by atoms with Crippen LogP contribution in [0.15, 0.2) is 18.2 Å².